The van der Waals surface area contributed by atoms with E-state index >= 15 is 0 Å². The van der Waals surface area contributed by atoms with Crippen LogP contribution >= 0.6 is 11.6 Å². The van der Waals surface area contributed by atoms with Crippen molar-refractivity contribution in [2.45, 2.75) is 44.7 Å². The first kappa shape index (κ1) is 32.8. The molecule has 9 nitrogen and oxygen atoms in total. The number of nitrogens with zero attached hydrogens (tertiary/aromatic N) is 2. The number of hydrogen-bond acceptors (Lipinski definition) is 6. The van der Waals surface area contributed by atoms with Crippen molar-refractivity contribution < 1.29 is 27.5 Å². The van der Waals surface area contributed by atoms with Gasteiger partial charge in [-0.05, 0) is 72.5 Å². The summed E-state index contributed by atoms with van der Waals surface area (Å²) >= 11 is 6.24. The lowest BCUT2D eigenvalue weighted by molar-refractivity contribution is -0.140. The lowest BCUT2D eigenvalue weighted by Gasteiger charge is -2.33. The van der Waals surface area contributed by atoms with Crippen molar-refractivity contribution in [2.75, 3.05) is 31.6 Å². The summed E-state index contributed by atoms with van der Waals surface area (Å²) in [7, 11) is -1.20. The number of methoxy groups -OCH3 is 2. The molecule has 0 saturated heterocycles. The number of anilines is 1. The molecule has 11 heteroatoms. The SMILES string of the molecule is CC[C@@H](C(=O)NCC(C)C)N(Cc1cccc(OC)c1)C(=O)CN(c1cccc(Cl)c1)S(=O)(=O)c1ccc(OC)cc1. The van der Waals surface area contributed by atoms with Gasteiger partial charge in [0.15, 0.2) is 0 Å². The van der Waals surface area contributed by atoms with Gasteiger partial charge in [0.05, 0.1) is 24.8 Å². The number of halogens is 1. The second kappa shape index (κ2) is 14.9. The molecule has 0 bridgehead atoms. The Kier molecular flexibility index (Phi) is 11.6. The van der Waals surface area contributed by atoms with Crippen LogP contribution in [0.4, 0.5) is 5.69 Å². The van der Waals surface area contributed by atoms with E-state index in [0.29, 0.717) is 29.5 Å². The molecule has 0 heterocycles. The van der Waals surface area contributed by atoms with Gasteiger partial charge >= 0.3 is 0 Å². The molecule has 0 aromatic heterocycles. The Bertz CT molecular complexity index is 1460. The predicted octanol–water partition coefficient (Wildman–Crippen LogP) is 5.13. The minimum Gasteiger partial charge on any atom is -0.497 e. The van der Waals surface area contributed by atoms with E-state index in [1.165, 1.54) is 42.3 Å². The fourth-order valence-corrected chi connectivity index (χ4v) is 5.93. The van der Waals surface area contributed by atoms with E-state index in [2.05, 4.69) is 5.32 Å². The zero-order chi connectivity index (χ0) is 30.9. The molecule has 1 atom stereocenters. The number of carbonyl (C=O) groups excluding carboxylic acids is 2. The summed E-state index contributed by atoms with van der Waals surface area (Å²) in [5.41, 5.74) is 0.940. The standard InChI is InChI=1S/C31H38ClN3O6S/c1-6-29(31(37)33-19-22(2)3)34(20-23-9-7-12-27(17-23)41-5)30(36)21-35(25-11-8-10-24(32)18-25)42(38,39)28-15-13-26(40-4)14-16-28/h7-18,22,29H,6,19-21H2,1-5H3,(H,33,37)/t29-/m0/s1. The molecule has 3 aromatic rings. The number of ether oxygens (including phenoxy) is 2. The van der Waals surface area contributed by atoms with Gasteiger partial charge in [-0.3, -0.25) is 13.9 Å². The van der Waals surface area contributed by atoms with Crippen molar-refractivity contribution in [3.8, 4) is 11.5 Å². The van der Waals surface area contributed by atoms with Crippen LogP contribution in [0, 0.1) is 5.92 Å². The van der Waals surface area contributed by atoms with Crippen LogP contribution in [0.2, 0.25) is 5.02 Å². The first-order valence-electron chi connectivity index (χ1n) is 13.6. The molecule has 3 rings (SSSR count). The fraction of sp³-hybridized carbons (Fsp3) is 0.355. The van der Waals surface area contributed by atoms with Gasteiger partial charge in [-0.15, -0.1) is 0 Å². The minimum atomic E-state index is -4.23. The highest BCUT2D eigenvalue weighted by Crippen LogP contribution is 2.28. The highest BCUT2D eigenvalue weighted by atomic mass is 35.5. The Morgan fingerprint density at radius 1 is 0.929 bits per heavy atom. The maximum Gasteiger partial charge on any atom is 0.264 e. The minimum absolute atomic E-state index is 0.0304. The van der Waals surface area contributed by atoms with Crippen molar-refractivity contribution in [3.63, 3.8) is 0 Å². The topological polar surface area (TPSA) is 105 Å². The van der Waals surface area contributed by atoms with E-state index in [0.717, 1.165) is 9.87 Å². The number of benzene rings is 3. The zero-order valence-corrected chi connectivity index (χ0v) is 26.1. The zero-order valence-electron chi connectivity index (χ0n) is 24.5. The molecule has 0 aliphatic rings. The molecule has 0 aliphatic carbocycles. The van der Waals surface area contributed by atoms with E-state index in [4.69, 9.17) is 21.1 Å². The maximum absolute atomic E-state index is 14.1. The highest BCUT2D eigenvalue weighted by molar-refractivity contribution is 7.92. The van der Waals surface area contributed by atoms with Gasteiger partial charge in [-0.1, -0.05) is 50.6 Å². The Morgan fingerprint density at radius 3 is 2.19 bits per heavy atom. The molecule has 0 radical (unpaired) electrons. The molecular formula is C31H38ClN3O6S. The molecule has 0 aliphatic heterocycles. The van der Waals surface area contributed by atoms with Crippen molar-refractivity contribution in [1.82, 2.24) is 10.2 Å². The summed E-state index contributed by atoms with van der Waals surface area (Å²) in [6.45, 7) is 5.72. The molecule has 0 spiro atoms. The van der Waals surface area contributed by atoms with Gasteiger partial charge in [-0.2, -0.15) is 0 Å². The first-order valence-corrected chi connectivity index (χ1v) is 15.4. The van der Waals surface area contributed by atoms with Crippen molar-refractivity contribution in [2.24, 2.45) is 5.92 Å². The third kappa shape index (κ3) is 8.39. The second-order valence-electron chi connectivity index (χ2n) is 10.1. The monoisotopic (exact) mass is 615 g/mol. The molecule has 0 fully saturated rings. The van der Waals surface area contributed by atoms with Crippen LogP contribution in [0.15, 0.2) is 77.7 Å². The van der Waals surface area contributed by atoms with Gasteiger partial charge in [0.2, 0.25) is 11.8 Å². The number of sulfonamides is 1. The van der Waals surface area contributed by atoms with E-state index in [-0.39, 0.29) is 29.0 Å². The first-order chi connectivity index (χ1) is 20.0. The molecule has 3 aromatic carbocycles. The van der Waals surface area contributed by atoms with Crippen LogP contribution in [-0.4, -0.2) is 58.5 Å². The molecular weight excluding hydrogens is 578 g/mol. The summed E-state index contributed by atoms with van der Waals surface area (Å²) in [4.78, 5) is 28.9. The Morgan fingerprint density at radius 2 is 1.60 bits per heavy atom. The summed E-state index contributed by atoms with van der Waals surface area (Å²) in [5.74, 6) is 0.431. The van der Waals surface area contributed by atoms with E-state index in [1.807, 2.05) is 26.8 Å². The summed E-state index contributed by atoms with van der Waals surface area (Å²) in [5, 5.41) is 3.23. The summed E-state index contributed by atoms with van der Waals surface area (Å²) in [6.07, 6.45) is 0.321. The average Bonchev–Trinajstić information content (AvgIpc) is 2.98. The normalized spacial score (nSPS) is 12.0. The largest absolute Gasteiger partial charge is 0.497 e. The number of amides is 2. The van der Waals surface area contributed by atoms with Gasteiger partial charge in [0, 0.05) is 18.1 Å². The van der Waals surface area contributed by atoms with Crippen LogP contribution in [0.1, 0.15) is 32.8 Å². The van der Waals surface area contributed by atoms with E-state index in [1.54, 1.807) is 43.5 Å². The average molecular weight is 616 g/mol. The van der Waals surface area contributed by atoms with Crippen LogP contribution in [0.5, 0.6) is 11.5 Å². The lowest BCUT2D eigenvalue weighted by Crippen LogP contribution is -2.52. The van der Waals surface area contributed by atoms with Crippen molar-refractivity contribution >= 4 is 39.1 Å². The van der Waals surface area contributed by atoms with Crippen LogP contribution < -0.4 is 19.1 Å². The van der Waals surface area contributed by atoms with Crippen LogP contribution in [0.3, 0.4) is 0 Å². The number of hydrogen-bond donors (Lipinski definition) is 1. The quantitative estimate of drug-likeness (QED) is 0.270. The lowest BCUT2D eigenvalue weighted by atomic mass is 10.1. The Balaban J connectivity index is 2.06. The predicted molar refractivity (Wildman–Crippen MR) is 164 cm³/mol. The second-order valence-corrected chi connectivity index (χ2v) is 12.4. The molecule has 1 N–H and O–H groups in total. The number of nitrogens with one attached hydrogen (secondary N) is 1. The molecule has 2 amide bonds. The molecule has 42 heavy (non-hydrogen) atoms. The molecule has 0 saturated carbocycles. The summed E-state index contributed by atoms with van der Waals surface area (Å²) in [6, 6.07) is 18.5. The summed E-state index contributed by atoms with van der Waals surface area (Å²) < 4.78 is 39.5. The fourth-order valence-electron chi connectivity index (χ4n) is 4.34. The third-order valence-corrected chi connectivity index (χ3v) is 8.60. The van der Waals surface area contributed by atoms with Gasteiger partial charge in [0.1, 0.15) is 24.1 Å². The maximum atomic E-state index is 14.1. The number of rotatable bonds is 14. The Hall–Kier alpha value is -3.76. The third-order valence-electron chi connectivity index (χ3n) is 6.58. The highest BCUT2D eigenvalue weighted by Gasteiger charge is 2.34. The van der Waals surface area contributed by atoms with Gasteiger partial charge in [0.25, 0.3) is 10.0 Å². The van der Waals surface area contributed by atoms with Gasteiger partial charge in [-0.25, -0.2) is 8.42 Å². The van der Waals surface area contributed by atoms with Crippen molar-refractivity contribution in [1.29, 1.82) is 0 Å². The Labute approximate surface area is 253 Å². The van der Waals surface area contributed by atoms with E-state index < -0.39 is 28.5 Å². The molecule has 0 unspecified atom stereocenters. The molecule has 226 valence electrons. The number of carbonyl (C=O) groups is 2. The van der Waals surface area contributed by atoms with Crippen LogP contribution in [-0.2, 0) is 26.2 Å². The van der Waals surface area contributed by atoms with Crippen LogP contribution in [0.25, 0.3) is 0 Å². The van der Waals surface area contributed by atoms with Gasteiger partial charge < -0.3 is 19.7 Å². The van der Waals surface area contributed by atoms with Crippen molar-refractivity contribution in [3.05, 3.63) is 83.4 Å². The smallest absolute Gasteiger partial charge is 0.264 e. The van der Waals surface area contributed by atoms with E-state index in [9.17, 15) is 18.0 Å².